The number of unbranched alkanes of at least 4 members (excludes halogenated alkanes) is 1. The van der Waals surface area contributed by atoms with Gasteiger partial charge >= 0.3 is 0 Å². The van der Waals surface area contributed by atoms with Gasteiger partial charge in [-0.25, -0.2) is 0 Å². The Morgan fingerprint density at radius 1 is 1.14 bits per heavy atom. The van der Waals surface area contributed by atoms with E-state index >= 15 is 0 Å². The summed E-state index contributed by atoms with van der Waals surface area (Å²) in [6.07, 6.45) is 11.6. The summed E-state index contributed by atoms with van der Waals surface area (Å²) in [5.41, 5.74) is 0. The van der Waals surface area contributed by atoms with E-state index in [0.717, 1.165) is 18.1 Å². The minimum absolute atomic E-state index is 0.873. The Balaban J connectivity index is 1.92. The third-order valence-corrected chi connectivity index (χ3v) is 4.24. The minimum atomic E-state index is 0.873. The van der Waals surface area contributed by atoms with Gasteiger partial charge in [-0.1, -0.05) is 26.2 Å². The maximum absolute atomic E-state index is 2.86. The second-order valence-electron chi connectivity index (χ2n) is 5.25. The summed E-state index contributed by atoms with van der Waals surface area (Å²) in [4.78, 5) is 2.86. The highest BCUT2D eigenvalue weighted by molar-refractivity contribution is 4.93. The van der Waals surface area contributed by atoms with Crippen LogP contribution in [-0.2, 0) is 0 Å². The topological polar surface area (TPSA) is 3.24 Å². The van der Waals surface area contributed by atoms with E-state index in [1.54, 1.807) is 0 Å². The molecule has 0 unspecified atom stereocenters. The van der Waals surface area contributed by atoms with E-state index in [1.807, 2.05) is 0 Å². The van der Waals surface area contributed by atoms with Crippen LogP contribution in [0.4, 0.5) is 0 Å². The molecule has 2 rings (SSSR count). The maximum Gasteiger partial charge on any atom is 0.0102 e. The van der Waals surface area contributed by atoms with Crippen molar-refractivity contribution in [1.82, 2.24) is 4.90 Å². The second kappa shape index (κ2) is 4.65. The first-order valence-corrected chi connectivity index (χ1v) is 6.60. The van der Waals surface area contributed by atoms with Gasteiger partial charge in [-0.2, -0.15) is 0 Å². The van der Waals surface area contributed by atoms with Gasteiger partial charge in [0.05, 0.1) is 0 Å². The molecule has 0 amide bonds. The molecule has 0 saturated carbocycles. The van der Waals surface area contributed by atoms with Crippen molar-refractivity contribution in [2.24, 2.45) is 0 Å². The van der Waals surface area contributed by atoms with Crippen LogP contribution >= 0.6 is 0 Å². The lowest BCUT2D eigenvalue weighted by molar-refractivity contribution is 0.0875. The van der Waals surface area contributed by atoms with E-state index in [1.165, 1.54) is 51.4 Å². The first-order valence-electron chi connectivity index (χ1n) is 6.60. The molecule has 2 aliphatic heterocycles. The zero-order chi connectivity index (χ0) is 9.97. The highest BCUT2D eigenvalue weighted by atomic mass is 15.2. The fourth-order valence-electron chi connectivity index (χ4n) is 3.53. The summed E-state index contributed by atoms with van der Waals surface area (Å²) in [6, 6.07) is 2.77. The standard InChI is InChI=1S/C13H25N/c1-3-4-7-12-9-10-13-8-5-6-11(2)14(12)13/h11-13H,3-10H2,1-2H3/t11-,12-,13-/m0/s1. The third-order valence-electron chi connectivity index (χ3n) is 4.24. The summed E-state index contributed by atoms with van der Waals surface area (Å²) in [6.45, 7) is 4.75. The van der Waals surface area contributed by atoms with Crippen molar-refractivity contribution < 1.29 is 0 Å². The molecule has 2 fully saturated rings. The number of nitrogens with zero attached hydrogens (tertiary/aromatic N) is 1. The molecule has 0 radical (unpaired) electrons. The van der Waals surface area contributed by atoms with Crippen molar-refractivity contribution in [1.29, 1.82) is 0 Å². The maximum atomic E-state index is 2.86. The lowest BCUT2D eigenvalue weighted by atomic mass is 9.97. The average Bonchev–Trinajstić information content (AvgIpc) is 2.59. The molecule has 2 saturated heterocycles. The van der Waals surface area contributed by atoms with Gasteiger partial charge in [-0.3, -0.25) is 4.90 Å². The van der Waals surface area contributed by atoms with Crippen LogP contribution in [-0.4, -0.2) is 23.0 Å². The van der Waals surface area contributed by atoms with Crippen LogP contribution < -0.4 is 0 Å². The smallest absolute Gasteiger partial charge is 0.0102 e. The molecular weight excluding hydrogens is 170 g/mol. The molecule has 82 valence electrons. The van der Waals surface area contributed by atoms with Gasteiger partial charge in [0.15, 0.2) is 0 Å². The monoisotopic (exact) mass is 195 g/mol. The number of rotatable bonds is 3. The van der Waals surface area contributed by atoms with E-state index in [2.05, 4.69) is 18.7 Å². The number of hydrogen-bond acceptors (Lipinski definition) is 1. The van der Waals surface area contributed by atoms with Gasteiger partial charge in [-0.05, 0) is 39.0 Å². The van der Waals surface area contributed by atoms with Crippen molar-refractivity contribution in [3.8, 4) is 0 Å². The predicted octanol–water partition coefficient (Wildman–Crippen LogP) is 3.58. The molecule has 0 bridgehead atoms. The minimum Gasteiger partial charge on any atom is -0.295 e. The van der Waals surface area contributed by atoms with Crippen molar-refractivity contribution in [2.75, 3.05) is 0 Å². The van der Waals surface area contributed by atoms with Crippen LogP contribution in [0, 0.1) is 0 Å². The van der Waals surface area contributed by atoms with E-state index in [4.69, 9.17) is 0 Å². The van der Waals surface area contributed by atoms with E-state index in [0.29, 0.717) is 0 Å². The molecule has 1 nitrogen and oxygen atoms in total. The molecule has 0 aliphatic carbocycles. The quantitative estimate of drug-likeness (QED) is 0.665. The molecule has 0 aromatic heterocycles. The lowest BCUT2D eigenvalue weighted by Gasteiger charge is -2.39. The summed E-state index contributed by atoms with van der Waals surface area (Å²) >= 11 is 0. The van der Waals surface area contributed by atoms with E-state index in [-0.39, 0.29) is 0 Å². The van der Waals surface area contributed by atoms with Crippen LogP contribution in [0.25, 0.3) is 0 Å². The summed E-state index contributed by atoms with van der Waals surface area (Å²) < 4.78 is 0. The van der Waals surface area contributed by atoms with Gasteiger partial charge in [0.2, 0.25) is 0 Å². The highest BCUT2D eigenvalue weighted by Crippen LogP contribution is 2.36. The van der Waals surface area contributed by atoms with Crippen molar-refractivity contribution in [2.45, 2.75) is 83.3 Å². The molecular formula is C13H25N. The summed E-state index contributed by atoms with van der Waals surface area (Å²) in [5, 5.41) is 0. The fourth-order valence-corrected chi connectivity index (χ4v) is 3.53. The Bertz CT molecular complexity index is 178. The second-order valence-corrected chi connectivity index (χ2v) is 5.25. The highest BCUT2D eigenvalue weighted by Gasteiger charge is 2.37. The van der Waals surface area contributed by atoms with Gasteiger partial charge in [0.25, 0.3) is 0 Å². The van der Waals surface area contributed by atoms with Crippen molar-refractivity contribution in [3.05, 3.63) is 0 Å². The summed E-state index contributed by atoms with van der Waals surface area (Å²) in [7, 11) is 0. The van der Waals surface area contributed by atoms with E-state index < -0.39 is 0 Å². The largest absolute Gasteiger partial charge is 0.295 e. The molecule has 3 atom stereocenters. The van der Waals surface area contributed by atoms with E-state index in [9.17, 15) is 0 Å². The summed E-state index contributed by atoms with van der Waals surface area (Å²) in [5.74, 6) is 0. The van der Waals surface area contributed by atoms with Gasteiger partial charge in [-0.15, -0.1) is 0 Å². The van der Waals surface area contributed by atoms with Crippen LogP contribution in [0.5, 0.6) is 0 Å². The van der Waals surface area contributed by atoms with Crippen LogP contribution in [0.15, 0.2) is 0 Å². The molecule has 1 heteroatoms. The van der Waals surface area contributed by atoms with Crippen molar-refractivity contribution >= 4 is 0 Å². The van der Waals surface area contributed by atoms with Crippen LogP contribution in [0.1, 0.15) is 65.2 Å². The number of hydrogen-bond donors (Lipinski definition) is 0. The van der Waals surface area contributed by atoms with Crippen molar-refractivity contribution in [3.63, 3.8) is 0 Å². The molecule has 14 heavy (non-hydrogen) atoms. The molecule has 0 N–H and O–H groups in total. The predicted molar refractivity (Wildman–Crippen MR) is 61.5 cm³/mol. The average molecular weight is 195 g/mol. The third kappa shape index (κ3) is 1.98. The number of piperidine rings is 1. The van der Waals surface area contributed by atoms with Crippen LogP contribution in [0.3, 0.4) is 0 Å². The molecule has 0 spiro atoms. The lowest BCUT2D eigenvalue weighted by Crippen LogP contribution is -2.45. The molecule has 2 aliphatic rings. The Labute approximate surface area is 88.9 Å². The first-order chi connectivity index (χ1) is 6.83. The first kappa shape index (κ1) is 10.5. The molecule has 0 aromatic rings. The van der Waals surface area contributed by atoms with Gasteiger partial charge in [0.1, 0.15) is 0 Å². The van der Waals surface area contributed by atoms with Gasteiger partial charge < -0.3 is 0 Å². The Morgan fingerprint density at radius 3 is 2.79 bits per heavy atom. The normalized spacial score (nSPS) is 38.6. The SMILES string of the molecule is CCCC[C@H]1CC[C@@H]2CCC[C@H](C)N12. The Kier molecular flexibility index (Phi) is 3.48. The fraction of sp³-hybridized carbons (Fsp3) is 1.00. The zero-order valence-electron chi connectivity index (χ0n) is 9.84. The van der Waals surface area contributed by atoms with Crippen LogP contribution in [0.2, 0.25) is 0 Å². The molecule has 2 heterocycles. The van der Waals surface area contributed by atoms with Gasteiger partial charge in [0, 0.05) is 18.1 Å². The number of fused-ring (bicyclic) bond motifs is 1. The zero-order valence-corrected chi connectivity index (χ0v) is 9.84. The Hall–Kier alpha value is -0.0400. The molecule has 0 aromatic carbocycles. The Morgan fingerprint density at radius 2 is 2.00 bits per heavy atom.